The number of ether oxygens (including phenoxy) is 1. The molecular formula is C12H12F3NO3. The lowest BCUT2D eigenvalue weighted by atomic mass is 10.0. The van der Waals surface area contributed by atoms with Crippen LogP contribution in [0, 0.1) is 11.8 Å². The van der Waals surface area contributed by atoms with Crippen LogP contribution in [0.25, 0.3) is 0 Å². The molecule has 2 saturated heterocycles. The van der Waals surface area contributed by atoms with Gasteiger partial charge in [-0.3, -0.25) is 9.69 Å². The Morgan fingerprint density at radius 1 is 1.32 bits per heavy atom. The molecular weight excluding hydrogens is 263 g/mol. The van der Waals surface area contributed by atoms with Gasteiger partial charge in [0.25, 0.3) is 0 Å². The van der Waals surface area contributed by atoms with E-state index in [2.05, 4.69) is 0 Å². The van der Waals surface area contributed by atoms with E-state index in [1.807, 2.05) is 4.90 Å². The number of halogens is 3. The summed E-state index contributed by atoms with van der Waals surface area (Å²) < 4.78 is 46.9. The van der Waals surface area contributed by atoms with E-state index < -0.39 is 11.9 Å². The largest absolute Gasteiger partial charge is 0.465 e. The Bertz CT molecular complexity index is 497. The van der Waals surface area contributed by atoms with Gasteiger partial charge in [-0.15, -0.1) is 0 Å². The van der Waals surface area contributed by atoms with Gasteiger partial charge in [0, 0.05) is 19.0 Å². The lowest BCUT2D eigenvalue weighted by Crippen LogP contribution is -2.23. The van der Waals surface area contributed by atoms with Crippen LogP contribution >= 0.6 is 0 Å². The molecule has 2 atom stereocenters. The van der Waals surface area contributed by atoms with Crippen molar-refractivity contribution >= 4 is 5.97 Å². The minimum atomic E-state index is -4.45. The van der Waals surface area contributed by atoms with Crippen molar-refractivity contribution in [1.29, 1.82) is 0 Å². The van der Waals surface area contributed by atoms with Crippen molar-refractivity contribution in [2.75, 3.05) is 19.7 Å². The molecule has 3 rings (SSSR count). The summed E-state index contributed by atoms with van der Waals surface area (Å²) in [5.74, 6) is -0.911. The Morgan fingerprint density at radius 3 is 2.74 bits per heavy atom. The minimum absolute atomic E-state index is 0.142. The van der Waals surface area contributed by atoms with Crippen molar-refractivity contribution in [3.05, 3.63) is 23.7 Å². The van der Waals surface area contributed by atoms with E-state index in [9.17, 15) is 18.0 Å². The van der Waals surface area contributed by atoms with E-state index in [-0.39, 0.29) is 30.1 Å². The first-order valence-corrected chi connectivity index (χ1v) is 5.98. The molecule has 104 valence electrons. The third-order valence-corrected chi connectivity index (χ3v) is 3.58. The number of hydrogen-bond acceptors (Lipinski definition) is 4. The fourth-order valence-corrected chi connectivity index (χ4v) is 2.66. The van der Waals surface area contributed by atoms with Gasteiger partial charge in [-0.1, -0.05) is 0 Å². The SMILES string of the molecule is O=C1OC[C@H]2CN(Cc3ccc(C(F)(F)F)o3)C[C@@H]12. The number of alkyl halides is 3. The molecule has 7 heteroatoms. The van der Waals surface area contributed by atoms with Gasteiger partial charge in [-0.25, -0.2) is 0 Å². The summed E-state index contributed by atoms with van der Waals surface area (Å²) in [6, 6.07) is 2.26. The van der Waals surface area contributed by atoms with Gasteiger partial charge in [0.2, 0.25) is 5.76 Å². The van der Waals surface area contributed by atoms with Crippen LogP contribution in [0.15, 0.2) is 16.5 Å². The van der Waals surface area contributed by atoms with E-state index in [4.69, 9.17) is 9.15 Å². The highest BCUT2D eigenvalue weighted by molar-refractivity contribution is 5.75. The lowest BCUT2D eigenvalue weighted by Gasteiger charge is -2.14. The summed E-state index contributed by atoms with van der Waals surface area (Å²) in [6.07, 6.45) is -4.45. The molecule has 19 heavy (non-hydrogen) atoms. The molecule has 0 aliphatic carbocycles. The van der Waals surface area contributed by atoms with Gasteiger partial charge in [-0.05, 0) is 12.1 Å². The standard InChI is InChI=1S/C12H12F3NO3/c13-12(14,15)10-2-1-8(19-10)4-16-3-7-6-18-11(17)9(7)5-16/h1-2,7,9H,3-6H2/t7-,9-/m1/s1. The van der Waals surface area contributed by atoms with Gasteiger partial charge in [0.15, 0.2) is 0 Å². The molecule has 1 aromatic heterocycles. The van der Waals surface area contributed by atoms with Crippen LogP contribution in [0.4, 0.5) is 13.2 Å². The van der Waals surface area contributed by atoms with Crippen LogP contribution in [0.2, 0.25) is 0 Å². The molecule has 2 fully saturated rings. The quantitative estimate of drug-likeness (QED) is 0.773. The second kappa shape index (κ2) is 4.26. The Kier molecular flexibility index (Phi) is 2.81. The highest BCUT2D eigenvalue weighted by Gasteiger charge is 2.44. The predicted octanol–water partition coefficient (Wildman–Crippen LogP) is 1.90. The van der Waals surface area contributed by atoms with Crippen molar-refractivity contribution in [3.8, 4) is 0 Å². The van der Waals surface area contributed by atoms with Crippen molar-refractivity contribution in [2.45, 2.75) is 12.7 Å². The Balaban J connectivity index is 1.64. The molecule has 0 bridgehead atoms. The van der Waals surface area contributed by atoms with Crippen molar-refractivity contribution in [2.24, 2.45) is 11.8 Å². The minimum Gasteiger partial charge on any atom is -0.465 e. The number of esters is 1. The number of furan rings is 1. The van der Waals surface area contributed by atoms with E-state index in [1.165, 1.54) is 6.07 Å². The fourth-order valence-electron chi connectivity index (χ4n) is 2.66. The van der Waals surface area contributed by atoms with E-state index in [0.29, 0.717) is 19.7 Å². The van der Waals surface area contributed by atoms with Gasteiger partial charge in [0.1, 0.15) is 5.76 Å². The van der Waals surface area contributed by atoms with Gasteiger partial charge >= 0.3 is 12.1 Å². The topological polar surface area (TPSA) is 42.7 Å². The molecule has 0 unspecified atom stereocenters. The number of fused-ring (bicyclic) bond motifs is 1. The number of hydrogen-bond donors (Lipinski definition) is 0. The highest BCUT2D eigenvalue weighted by Crippen LogP contribution is 2.33. The number of nitrogens with zero attached hydrogens (tertiary/aromatic N) is 1. The van der Waals surface area contributed by atoms with Crippen LogP contribution in [-0.2, 0) is 22.3 Å². The zero-order valence-corrected chi connectivity index (χ0v) is 9.94. The van der Waals surface area contributed by atoms with Crippen LogP contribution < -0.4 is 0 Å². The second-order valence-corrected chi connectivity index (χ2v) is 4.95. The lowest BCUT2D eigenvalue weighted by molar-refractivity contribution is -0.153. The molecule has 0 radical (unpaired) electrons. The predicted molar refractivity (Wildman–Crippen MR) is 56.9 cm³/mol. The Labute approximate surface area is 107 Å². The van der Waals surface area contributed by atoms with Crippen molar-refractivity contribution < 1.29 is 27.1 Å². The summed E-state index contributed by atoms with van der Waals surface area (Å²) in [7, 11) is 0. The molecule has 0 N–H and O–H groups in total. The van der Waals surface area contributed by atoms with Crippen LogP contribution in [0.5, 0.6) is 0 Å². The molecule has 4 nitrogen and oxygen atoms in total. The Morgan fingerprint density at radius 2 is 2.11 bits per heavy atom. The maximum Gasteiger partial charge on any atom is 0.449 e. The number of rotatable bonds is 2. The average Bonchev–Trinajstić information content (AvgIpc) is 2.97. The van der Waals surface area contributed by atoms with Crippen molar-refractivity contribution in [1.82, 2.24) is 4.90 Å². The van der Waals surface area contributed by atoms with Gasteiger partial charge in [-0.2, -0.15) is 13.2 Å². The molecule has 0 spiro atoms. The number of carbonyl (C=O) groups is 1. The molecule has 0 saturated carbocycles. The smallest absolute Gasteiger partial charge is 0.449 e. The fraction of sp³-hybridized carbons (Fsp3) is 0.583. The normalized spacial score (nSPS) is 27.6. The number of cyclic esters (lactones) is 1. The first-order chi connectivity index (χ1) is 8.93. The highest BCUT2D eigenvalue weighted by atomic mass is 19.4. The summed E-state index contributed by atoms with van der Waals surface area (Å²) >= 11 is 0. The Hall–Kier alpha value is -1.50. The summed E-state index contributed by atoms with van der Waals surface area (Å²) in [4.78, 5) is 13.3. The van der Waals surface area contributed by atoms with Crippen molar-refractivity contribution in [3.63, 3.8) is 0 Å². The molecule has 3 heterocycles. The first-order valence-electron chi connectivity index (χ1n) is 5.98. The number of likely N-dealkylation sites (tertiary alicyclic amines) is 1. The third kappa shape index (κ3) is 2.34. The zero-order valence-electron chi connectivity index (χ0n) is 9.94. The van der Waals surface area contributed by atoms with E-state index >= 15 is 0 Å². The summed E-state index contributed by atoms with van der Waals surface area (Å²) in [6.45, 7) is 1.87. The first kappa shape index (κ1) is 12.5. The third-order valence-electron chi connectivity index (χ3n) is 3.58. The summed E-state index contributed by atoms with van der Waals surface area (Å²) in [5, 5.41) is 0. The van der Waals surface area contributed by atoms with Crippen LogP contribution in [0.3, 0.4) is 0 Å². The van der Waals surface area contributed by atoms with Crippen LogP contribution in [0.1, 0.15) is 11.5 Å². The number of carbonyl (C=O) groups excluding carboxylic acids is 1. The molecule has 1 aromatic rings. The molecule has 0 amide bonds. The second-order valence-electron chi connectivity index (χ2n) is 4.95. The van der Waals surface area contributed by atoms with Gasteiger partial charge in [0.05, 0.1) is 19.1 Å². The van der Waals surface area contributed by atoms with E-state index in [1.54, 1.807) is 0 Å². The maximum atomic E-state index is 12.4. The van der Waals surface area contributed by atoms with Gasteiger partial charge < -0.3 is 9.15 Å². The van der Waals surface area contributed by atoms with Crippen LogP contribution in [-0.4, -0.2) is 30.6 Å². The maximum absolute atomic E-state index is 12.4. The van der Waals surface area contributed by atoms with E-state index in [0.717, 1.165) is 6.07 Å². The summed E-state index contributed by atoms with van der Waals surface area (Å²) in [5.41, 5.74) is 0. The monoisotopic (exact) mass is 275 g/mol. The molecule has 0 aromatic carbocycles. The zero-order chi connectivity index (χ0) is 13.6. The average molecular weight is 275 g/mol. The molecule has 2 aliphatic heterocycles. The molecule has 2 aliphatic rings.